The molecule has 1 aliphatic carbocycles. The van der Waals surface area contributed by atoms with Crippen LogP contribution in [0.3, 0.4) is 0 Å². The molecular weight excluding hydrogens is 733 g/mol. The first kappa shape index (κ1) is 34.1. The first-order valence-electron chi connectivity index (χ1n) is 20.4. The molecule has 11 aromatic rings. The quantitative estimate of drug-likeness (QED) is 0.162. The van der Waals surface area contributed by atoms with Crippen molar-refractivity contribution in [3.63, 3.8) is 0 Å². The van der Waals surface area contributed by atoms with Gasteiger partial charge in [-0.15, -0.1) is 0 Å². The van der Waals surface area contributed by atoms with Crippen LogP contribution in [0.5, 0.6) is 0 Å². The monoisotopic (exact) mass is 768 g/mol. The summed E-state index contributed by atoms with van der Waals surface area (Å²) in [5.41, 5.74) is 16.3. The molecule has 0 amide bonds. The van der Waals surface area contributed by atoms with E-state index in [0.717, 1.165) is 55.6 Å². The fourth-order valence-corrected chi connectivity index (χ4v) is 9.48. The molecule has 9 aromatic carbocycles. The van der Waals surface area contributed by atoms with Crippen LogP contribution in [0.15, 0.2) is 227 Å². The van der Waals surface area contributed by atoms with E-state index in [2.05, 4.69) is 205 Å². The molecule has 0 fully saturated rings. The number of hydrogen-bond donors (Lipinski definition) is 0. The Labute approximate surface area is 347 Å². The van der Waals surface area contributed by atoms with Gasteiger partial charge in [0, 0.05) is 45.5 Å². The molecule has 4 heteroatoms. The Morgan fingerprint density at radius 1 is 0.367 bits per heavy atom. The van der Waals surface area contributed by atoms with Crippen LogP contribution in [0.2, 0.25) is 0 Å². The predicted molar refractivity (Wildman–Crippen MR) is 244 cm³/mol. The van der Waals surface area contributed by atoms with Crippen molar-refractivity contribution in [3.8, 4) is 33.7 Å². The third kappa shape index (κ3) is 5.28. The topological polar surface area (TPSA) is 42.4 Å². The van der Waals surface area contributed by atoms with Gasteiger partial charge in [0.2, 0.25) is 5.89 Å². The van der Waals surface area contributed by atoms with Crippen molar-refractivity contribution in [2.75, 3.05) is 4.90 Å². The van der Waals surface area contributed by atoms with E-state index in [1.165, 1.54) is 38.9 Å². The Hall–Kier alpha value is -7.95. The molecule has 4 nitrogen and oxygen atoms in total. The van der Waals surface area contributed by atoms with Crippen molar-refractivity contribution in [2.24, 2.45) is 0 Å². The van der Waals surface area contributed by atoms with Crippen LogP contribution < -0.4 is 4.90 Å². The lowest BCUT2D eigenvalue weighted by atomic mass is 9.67. The Balaban J connectivity index is 1.05. The lowest BCUT2D eigenvalue weighted by Gasteiger charge is -2.35. The van der Waals surface area contributed by atoms with E-state index in [4.69, 9.17) is 13.8 Å². The number of anilines is 3. The number of rotatable bonds is 7. The fourth-order valence-electron chi connectivity index (χ4n) is 9.48. The van der Waals surface area contributed by atoms with Crippen molar-refractivity contribution in [1.82, 2.24) is 4.98 Å². The van der Waals surface area contributed by atoms with Crippen molar-refractivity contribution in [3.05, 3.63) is 241 Å². The highest BCUT2D eigenvalue weighted by atomic mass is 16.3. The van der Waals surface area contributed by atoms with Gasteiger partial charge in [0.1, 0.15) is 16.7 Å². The average Bonchev–Trinajstić information content (AvgIpc) is 4.00. The molecule has 0 spiro atoms. The molecule has 0 saturated carbocycles. The van der Waals surface area contributed by atoms with Crippen molar-refractivity contribution >= 4 is 50.1 Å². The van der Waals surface area contributed by atoms with E-state index in [9.17, 15) is 0 Å². The van der Waals surface area contributed by atoms with Crippen LogP contribution in [0.4, 0.5) is 17.1 Å². The van der Waals surface area contributed by atoms with E-state index < -0.39 is 5.41 Å². The molecule has 0 atom stereocenters. The molecule has 0 aliphatic heterocycles. The number of benzene rings is 9. The summed E-state index contributed by atoms with van der Waals surface area (Å²) >= 11 is 0. The molecule has 2 heterocycles. The van der Waals surface area contributed by atoms with Crippen LogP contribution >= 0.6 is 0 Å². The standard InChI is InChI=1S/C56H36N2O2/c1-4-14-37(15-5-1)38-24-26-39(27-25-38)55-57-51-33-30-44(36-54(51)60-55)58(43-29-32-48-47-21-11-13-23-52(47)59-53(48)35-43)42-28-31-46-45-20-10-12-22-49(45)56(50(46)34-42,40-16-6-2-7-17-40)41-18-8-3-9-19-41/h1-36H. The minimum atomic E-state index is -0.543. The van der Waals surface area contributed by atoms with Gasteiger partial charge in [-0.25, -0.2) is 4.98 Å². The first-order chi connectivity index (χ1) is 29.7. The van der Waals surface area contributed by atoms with Gasteiger partial charge >= 0.3 is 0 Å². The minimum absolute atomic E-state index is 0.543. The summed E-state index contributed by atoms with van der Waals surface area (Å²) in [5, 5.41) is 2.18. The van der Waals surface area contributed by atoms with E-state index in [-0.39, 0.29) is 0 Å². The summed E-state index contributed by atoms with van der Waals surface area (Å²) in [4.78, 5) is 7.27. The predicted octanol–water partition coefficient (Wildman–Crippen LogP) is 14.9. The number of hydrogen-bond acceptors (Lipinski definition) is 4. The van der Waals surface area contributed by atoms with Gasteiger partial charge in [-0.05, 0) is 99.1 Å². The highest BCUT2D eigenvalue weighted by Crippen LogP contribution is 2.57. The minimum Gasteiger partial charge on any atom is -0.456 e. The Morgan fingerprint density at radius 3 is 1.68 bits per heavy atom. The second-order valence-corrected chi connectivity index (χ2v) is 15.5. The summed E-state index contributed by atoms with van der Waals surface area (Å²) in [6.45, 7) is 0. The van der Waals surface area contributed by atoms with Crippen LogP contribution in [-0.2, 0) is 5.41 Å². The maximum atomic E-state index is 6.58. The van der Waals surface area contributed by atoms with Gasteiger partial charge in [-0.1, -0.05) is 152 Å². The van der Waals surface area contributed by atoms with E-state index >= 15 is 0 Å². The molecule has 60 heavy (non-hydrogen) atoms. The Kier molecular flexibility index (Phi) is 7.72. The molecule has 0 saturated heterocycles. The van der Waals surface area contributed by atoms with Gasteiger partial charge in [-0.3, -0.25) is 0 Å². The molecule has 0 radical (unpaired) electrons. The van der Waals surface area contributed by atoms with Crippen LogP contribution in [0.25, 0.3) is 66.7 Å². The van der Waals surface area contributed by atoms with Gasteiger partial charge in [0.15, 0.2) is 5.58 Å². The number of fused-ring (bicyclic) bond motifs is 7. The summed E-state index contributed by atoms with van der Waals surface area (Å²) < 4.78 is 13.1. The van der Waals surface area contributed by atoms with Crippen molar-refractivity contribution < 1.29 is 8.83 Å². The van der Waals surface area contributed by atoms with Crippen LogP contribution in [-0.4, -0.2) is 4.98 Å². The van der Waals surface area contributed by atoms with Gasteiger partial charge in [-0.2, -0.15) is 0 Å². The zero-order valence-corrected chi connectivity index (χ0v) is 32.5. The molecule has 12 rings (SSSR count). The summed E-state index contributed by atoms with van der Waals surface area (Å²) in [6, 6.07) is 77.5. The third-order valence-corrected chi connectivity index (χ3v) is 12.2. The lowest BCUT2D eigenvalue weighted by Crippen LogP contribution is -2.28. The zero-order chi connectivity index (χ0) is 39.6. The molecule has 282 valence electrons. The summed E-state index contributed by atoms with van der Waals surface area (Å²) in [5.74, 6) is 0.586. The second kappa shape index (κ2) is 13.6. The molecular formula is C56H36N2O2. The maximum absolute atomic E-state index is 6.58. The summed E-state index contributed by atoms with van der Waals surface area (Å²) in [6.07, 6.45) is 0. The molecule has 1 aliphatic rings. The third-order valence-electron chi connectivity index (χ3n) is 12.2. The van der Waals surface area contributed by atoms with Crippen molar-refractivity contribution in [1.29, 1.82) is 0 Å². The summed E-state index contributed by atoms with van der Waals surface area (Å²) in [7, 11) is 0. The van der Waals surface area contributed by atoms with Crippen LogP contribution in [0.1, 0.15) is 22.3 Å². The highest BCUT2D eigenvalue weighted by molar-refractivity contribution is 6.06. The van der Waals surface area contributed by atoms with Crippen LogP contribution in [0, 0.1) is 0 Å². The normalized spacial score (nSPS) is 12.8. The molecule has 0 N–H and O–H groups in total. The SMILES string of the molecule is c1ccc(-c2ccc(-c3nc4ccc(N(c5ccc6c(c5)C(c5ccccc5)(c5ccccc5)c5ccccc5-6)c5ccc6c(c5)oc5ccccc56)cc4o3)cc2)cc1. The number of oxazole rings is 1. The average molecular weight is 769 g/mol. The maximum Gasteiger partial charge on any atom is 0.227 e. The number of furan rings is 1. The largest absolute Gasteiger partial charge is 0.456 e. The zero-order valence-electron chi connectivity index (χ0n) is 32.5. The van der Waals surface area contributed by atoms with E-state index in [1.54, 1.807) is 0 Å². The lowest BCUT2D eigenvalue weighted by molar-refractivity contribution is 0.620. The van der Waals surface area contributed by atoms with Gasteiger partial charge < -0.3 is 13.7 Å². The molecule has 2 aromatic heterocycles. The first-order valence-corrected chi connectivity index (χ1v) is 20.4. The number of para-hydroxylation sites is 1. The highest BCUT2D eigenvalue weighted by Gasteiger charge is 2.46. The Bertz CT molecular complexity index is 3330. The number of aromatic nitrogens is 1. The fraction of sp³-hybridized carbons (Fsp3) is 0.0179. The van der Waals surface area contributed by atoms with Crippen molar-refractivity contribution in [2.45, 2.75) is 5.41 Å². The number of nitrogens with zero attached hydrogens (tertiary/aromatic N) is 2. The van der Waals surface area contributed by atoms with E-state index in [0.29, 0.717) is 11.5 Å². The second-order valence-electron chi connectivity index (χ2n) is 15.5. The van der Waals surface area contributed by atoms with Gasteiger partial charge in [0.25, 0.3) is 0 Å². The molecule has 0 bridgehead atoms. The van der Waals surface area contributed by atoms with E-state index in [1.807, 2.05) is 18.2 Å². The smallest absolute Gasteiger partial charge is 0.227 e. The van der Waals surface area contributed by atoms with Gasteiger partial charge in [0.05, 0.1) is 5.41 Å². The molecule has 0 unspecified atom stereocenters. The Morgan fingerprint density at radius 2 is 0.917 bits per heavy atom.